The smallest absolute Gasteiger partial charge is 0.410 e. The first-order valence-corrected chi connectivity index (χ1v) is 9.42. The van der Waals surface area contributed by atoms with Gasteiger partial charge in [-0.15, -0.1) is 0 Å². The molecule has 1 aliphatic heterocycles. The highest BCUT2D eigenvalue weighted by Gasteiger charge is 2.39. The lowest BCUT2D eigenvalue weighted by atomic mass is 10.2. The second kappa shape index (κ2) is 9.93. The average Bonchev–Trinajstić information content (AvgIpc) is 3.13. The van der Waals surface area contributed by atoms with Crippen LogP contribution in [-0.4, -0.2) is 49.4 Å². The molecule has 0 radical (unpaired) electrons. The van der Waals surface area contributed by atoms with Crippen molar-refractivity contribution >= 4 is 12.1 Å². The topological polar surface area (TPSA) is 74.3 Å². The highest BCUT2D eigenvalue weighted by Crippen LogP contribution is 2.21. The quantitative estimate of drug-likeness (QED) is 0.666. The van der Waals surface area contributed by atoms with Crippen LogP contribution >= 0.6 is 0 Å². The largest absolute Gasteiger partial charge is 0.497 e. The van der Waals surface area contributed by atoms with E-state index in [4.69, 9.17) is 18.9 Å². The SMILES string of the molecule is COc1ccc(CO[C@@H]2CN(C(=O)OCc3ccccc3)C[C@H]2OC(C)=O)cc1. The molecule has 1 amide bonds. The van der Waals surface area contributed by atoms with Gasteiger partial charge in [0.05, 0.1) is 26.8 Å². The van der Waals surface area contributed by atoms with Gasteiger partial charge in [-0.25, -0.2) is 4.79 Å². The van der Waals surface area contributed by atoms with E-state index in [-0.39, 0.29) is 13.2 Å². The third-order valence-corrected chi connectivity index (χ3v) is 4.62. The number of amides is 1. The second-order valence-electron chi connectivity index (χ2n) is 6.79. The predicted octanol–water partition coefficient (Wildman–Crippen LogP) is 3.16. The number of benzene rings is 2. The lowest BCUT2D eigenvalue weighted by molar-refractivity contribution is -0.151. The van der Waals surface area contributed by atoms with Gasteiger partial charge in [-0.05, 0) is 23.3 Å². The molecule has 0 N–H and O–H groups in total. The summed E-state index contributed by atoms with van der Waals surface area (Å²) in [6, 6.07) is 17.0. The van der Waals surface area contributed by atoms with Gasteiger partial charge >= 0.3 is 12.1 Å². The van der Waals surface area contributed by atoms with E-state index in [9.17, 15) is 9.59 Å². The first-order chi connectivity index (χ1) is 14.0. The maximum Gasteiger partial charge on any atom is 0.410 e. The molecule has 29 heavy (non-hydrogen) atoms. The monoisotopic (exact) mass is 399 g/mol. The van der Waals surface area contributed by atoms with E-state index in [1.807, 2.05) is 54.6 Å². The van der Waals surface area contributed by atoms with Crippen molar-refractivity contribution in [3.05, 3.63) is 65.7 Å². The molecule has 0 spiro atoms. The highest BCUT2D eigenvalue weighted by molar-refractivity contribution is 5.69. The van der Waals surface area contributed by atoms with Gasteiger partial charge in [0.25, 0.3) is 0 Å². The van der Waals surface area contributed by atoms with Crippen LogP contribution in [0.5, 0.6) is 5.75 Å². The Kier molecular flexibility index (Phi) is 7.08. The van der Waals surface area contributed by atoms with Crippen LogP contribution in [0.3, 0.4) is 0 Å². The van der Waals surface area contributed by atoms with Crippen LogP contribution < -0.4 is 4.74 Å². The zero-order chi connectivity index (χ0) is 20.6. The van der Waals surface area contributed by atoms with Crippen LogP contribution in [0.4, 0.5) is 4.79 Å². The molecule has 0 aliphatic carbocycles. The van der Waals surface area contributed by atoms with Gasteiger partial charge in [0.1, 0.15) is 24.6 Å². The van der Waals surface area contributed by atoms with E-state index in [1.165, 1.54) is 11.8 Å². The Hall–Kier alpha value is -3.06. The summed E-state index contributed by atoms with van der Waals surface area (Å²) in [5, 5.41) is 0. The molecule has 7 nitrogen and oxygen atoms in total. The molecule has 0 saturated carbocycles. The number of carbonyl (C=O) groups excluding carboxylic acids is 2. The number of hydrogen-bond acceptors (Lipinski definition) is 6. The minimum absolute atomic E-state index is 0.186. The summed E-state index contributed by atoms with van der Waals surface area (Å²) in [5.74, 6) is 0.354. The van der Waals surface area contributed by atoms with E-state index >= 15 is 0 Å². The summed E-state index contributed by atoms with van der Waals surface area (Å²) in [7, 11) is 1.61. The van der Waals surface area contributed by atoms with Crippen molar-refractivity contribution in [3.63, 3.8) is 0 Å². The number of rotatable bonds is 7. The van der Waals surface area contributed by atoms with E-state index in [1.54, 1.807) is 7.11 Å². The van der Waals surface area contributed by atoms with Gasteiger partial charge in [0.15, 0.2) is 0 Å². The van der Waals surface area contributed by atoms with Crippen molar-refractivity contribution in [2.75, 3.05) is 20.2 Å². The van der Waals surface area contributed by atoms with E-state index < -0.39 is 24.3 Å². The molecule has 1 saturated heterocycles. The Morgan fingerprint density at radius 1 is 0.931 bits per heavy atom. The van der Waals surface area contributed by atoms with Gasteiger partial charge < -0.3 is 23.8 Å². The van der Waals surface area contributed by atoms with Crippen LogP contribution in [0.2, 0.25) is 0 Å². The molecule has 1 aliphatic rings. The maximum atomic E-state index is 12.4. The van der Waals surface area contributed by atoms with Crippen molar-refractivity contribution in [2.24, 2.45) is 0 Å². The highest BCUT2D eigenvalue weighted by atomic mass is 16.6. The zero-order valence-electron chi connectivity index (χ0n) is 16.6. The lowest BCUT2D eigenvalue weighted by Gasteiger charge is -2.18. The zero-order valence-corrected chi connectivity index (χ0v) is 16.6. The number of methoxy groups -OCH3 is 1. The molecule has 154 valence electrons. The molecule has 7 heteroatoms. The van der Waals surface area contributed by atoms with Gasteiger partial charge in [-0.2, -0.15) is 0 Å². The fraction of sp³-hybridized carbons (Fsp3) is 0.364. The van der Waals surface area contributed by atoms with Gasteiger partial charge in [0, 0.05) is 6.92 Å². The van der Waals surface area contributed by atoms with Crippen LogP contribution in [-0.2, 0) is 32.2 Å². The molecule has 3 rings (SSSR count). The summed E-state index contributed by atoms with van der Waals surface area (Å²) < 4.78 is 21.8. The molecule has 0 unspecified atom stereocenters. The van der Waals surface area contributed by atoms with Crippen LogP contribution in [0, 0.1) is 0 Å². The summed E-state index contributed by atoms with van der Waals surface area (Å²) in [6.07, 6.45) is -1.41. The predicted molar refractivity (Wildman–Crippen MR) is 105 cm³/mol. The van der Waals surface area contributed by atoms with Gasteiger partial charge in [0.2, 0.25) is 0 Å². The van der Waals surface area contributed by atoms with E-state index in [2.05, 4.69) is 0 Å². The second-order valence-corrected chi connectivity index (χ2v) is 6.79. The Morgan fingerprint density at radius 2 is 1.59 bits per heavy atom. The van der Waals surface area contributed by atoms with Crippen LogP contribution in [0.25, 0.3) is 0 Å². The minimum Gasteiger partial charge on any atom is -0.497 e. The Labute approximate surface area is 170 Å². The molecule has 2 aromatic carbocycles. The molecule has 2 atom stereocenters. The molecular weight excluding hydrogens is 374 g/mol. The standard InChI is InChI=1S/C22H25NO6/c1-16(24)29-21-13-23(22(25)28-15-17-6-4-3-5-7-17)12-20(21)27-14-18-8-10-19(26-2)11-9-18/h3-11,20-21H,12-15H2,1-2H3/t20-,21-/m1/s1. The van der Waals surface area contributed by atoms with Gasteiger partial charge in [-0.1, -0.05) is 42.5 Å². The normalized spacial score (nSPS) is 18.3. The third-order valence-electron chi connectivity index (χ3n) is 4.62. The lowest BCUT2D eigenvalue weighted by Crippen LogP contribution is -2.31. The number of likely N-dealkylation sites (tertiary alicyclic amines) is 1. The Balaban J connectivity index is 1.56. The fourth-order valence-corrected chi connectivity index (χ4v) is 3.12. The van der Waals surface area contributed by atoms with Gasteiger partial charge in [-0.3, -0.25) is 4.79 Å². The Morgan fingerprint density at radius 3 is 2.24 bits per heavy atom. The summed E-state index contributed by atoms with van der Waals surface area (Å²) >= 11 is 0. The number of nitrogens with zero attached hydrogens (tertiary/aromatic N) is 1. The first-order valence-electron chi connectivity index (χ1n) is 9.42. The van der Waals surface area contributed by atoms with E-state index in [0.29, 0.717) is 13.2 Å². The fourth-order valence-electron chi connectivity index (χ4n) is 3.12. The molecule has 1 heterocycles. The number of esters is 1. The van der Waals surface area contributed by atoms with Crippen molar-refractivity contribution in [3.8, 4) is 5.75 Å². The summed E-state index contributed by atoms with van der Waals surface area (Å²) in [6.45, 7) is 2.39. The molecule has 0 aromatic heterocycles. The van der Waals surface area contributed by atoms with Crippen LogP contribution in [0.15, 0.2) is 54.6 Å². The number of hydrogen-bond donors (Lipinski definition) is 0. The molecule has 0 bridgehead atoms. The maximum absolute atomic E-state index is 12.4. The third kappa shape index (κ3) is 5.96. The average molecular weight is 399 g/mol. The van der Waals surface area contributed by atoms with E-state index in [0.717, 1.165) is 16.9 Å². The van der Waals surface area contributed by atoms with Crippen LogP contribution in [0.1, 0.15) is 18.1 Å². The van der Waals surface area contributed by atoms with Crippen molar-refractivity contribution in [1.29, 1.82) is 0 Å². The summed E-state index contributed by atoms with van der Waals surface area (Å²) in [4.78, 5) is 25.4. The first kappa shape index (κ1) is 20.7. The van der Waals surface area contributed by atoms with Crippen molar-refractivity contribution in [2.45, 2.75) is 32.3 Å². The minimum atomic E-state index is -0.532. The Bertz CT molecular complexity index is 808. The molecular formula is C22H25NO6. The number of carbonyl (C=O) groups is 2. The molecule has 2 aromatic rings. The van der Waals surface area contributed by atoms with Crippen molar-refractivity contribution < 1.29 is 28.5 Å². The number of ether oxygens (including phenoxy) is 4. The summed E-state index contributed by atoms with van der Waals surface area (Å²) in [5.41, 5.74) is 1.86. The van der Waals surface area contributed by atoms with Crippen molar-refractivity contribution in [1.82, 2.24) is 4.90 Å². The molecule has 1 fully saturated rings.